The largest absolute Gasteiger partial charge is 0.488 e. The van der Waals surface area contributed by atoms with Crippen molar-refractivity contribution in [1.82, 2.24) is 5.43 Å². The Morgan fingerprint density at radius 2 is 1.68 bits per heavy atom. The summed E-state index contributed by atoms with van der Waals surface area (Å²) >= 11 is 6.16. The van der Waals surface area contributed by atoms with Gasteiger partial charge in [0.25, 0.3) is 0 Å². The van der Waals surface area contributed by atoms with Gasteiger partial charge >= 0.3 is 11.8 Å². The van der Waals surface area contributed by atoms with Gasteiger partial charge in [-0.3, -0.25) is 9.59 Å². The molecule has 0 fully saturated rings. The summed E-state index contributed by atoms with van der Waals surface area (Å²) in [5.41, 5.74) is 5.41. The minimum Gasteiger partial charge on any atom is -0.488 e. The number of anilines is 1. The van der Waals surface area contributed by atoms with Crippen molar-refractivity contribution in [2.45, 2.75) is 20.0 Å². The van der Waals surface area contributed by atoms with Gasteiger partial charge < -0.3 is 10.1 Å². The van der Waals surface area contributed by atoms with Gasteiger partial charge in [-0.05, 0) is 42.3 Å². The van der Waals surface area contributed by atoms with Gasteiger partial charge in [-0.25, -0.2) is 5.43 Å². The number of aryl methyl sites for hydroxylation is 1. The van der Waals surface area contributed by atoms with Crippen LogP contribution >= 0.6 is 11.6 Å². The van der Waals surface area contributed by atoms with Gasteiger partial charge in [-0.15, -0.1) is 0 Å². The van der Waals surface area contributed by atoms with E-state index >= 15 is 0 Å². The molecular weight excluding hydrogens is 414 g/mol. The molecular formula is C24H22ClN3O3. The summed E-state index contributed by atoms with van der Waals surface area (Å²) in [4.78, 5) is 24.0. The van der Waals surface area contributed by atoms with Gasteiger partial charge in [0.05, 0.1) is 6.21 Å². The van der Waals surface area contributed by atoms with Crippen molar-refractivity contribution in [3.63, 3.8) is 0 Å². The maximum absolute atomic E-state index is 12.0. The Morgan fingerprint density at radius 1 is 0.968 bits per heavy atom. The van der Waals surface area contributed by atoms with Crippen LogP contribution in [0.5, 0.6) is 5.75 Å². The molecule has 6 nitrogen and oxygen atoms in total. The number of ether oxygens (including phenoxy) is 1. The number of halogens is 1. The van der Waals surface area contributed by atoms with E-state index in [1.165, 1.54) is 6.21 Å². The second-order valence-electron chi connectivity index (χ2n) is 6.62. The number of nitrogens with zero attached hydrogens (tertiary/aromatic N) is 1. The lowest BCUT2D eigenvalue weighted by Crippen LogP contribution is -2.32. The zero-order valence-corrected chi connectivity index (χ0v) is 17.7. The maximum Gasteiger partial charge on any atom is 0.329 e. The second kappa shape index (κ2) is 10.9. The highest BCUT2D eigenvalue weighted by Gasteiger charge is 2.13. The molecule has 0 aromatic heterocycles. The van der Waals surface area contributed by atoms with E-state index in [0.717, 1.165) is 17.5 Å². The molecule has 7 heteroatoms. The van der Waals surface area contributed by atoms with Crippen LogP contribution in [-0.2, 0) is 22.6 Å². The highest BCUT2D eigenvalue weighted by atomic mass is 35.5. The Balaban J connectivity index is 1.56. The molecule has 0 aliphatic rings. The second-order valence-corrected chi connectivity index (χ2v) is 7.03. The first kappa shape index (κ1) is 22.1. The summed E-state index contributed by atoms with van der Waals surface area (Å²) in [6, 6.07) is 21.9. The summed E-state index contributed by atoms with van der Waals surface area (Å²) < 4.78 is 5.84. The fraction of sp³-hybridized carbons (Fsp3) is 0.125. The lowest BCUT2D eigenvalue weighted by atomic mass is 10.1. The van der Waals surface area contributed by atoms with E-state index in [2.05, 4.69) is 15.8 Å². The van der Waals surface area contributed by atoms with Crippen LogP contribution in [0.1, 0.15) is 23.6 Å². The SMILES string of the molecule is CCc1ccc(NC(=O)C(=O)N/N=C\c2ccccc2OCc2ccccc2Cl)cc1. The number of hydrazone groups is 1. The van der Waals surface area contributed by atoms with Gasteiger partial charge in [-0.2, -0.15) is 5.10 Å². The Kier molecular flexibility index (Phi) is 7.79. The number of benzene rings is 3. The molecule has 0 heterocycles. The van der Waals surface area contributed by atoms with E-state index in [1.807, 2.05) is 49.4 Å². The molecule has 158 valence electrons. The average Bonchev–Trinajstić information content (AvgIpc) is 2.79. The van der Waals surface area contributed by atoms with Crippen LogP contribution in [0.15, 0.2) is 77.9 Å². The third kappa shape index (κ3) is 6.42. The highest BCUT2D eigenvalue weighted by Crippen LogP contribution is 2.21. The van der Waals surface area contributed by atoms with Crippen LogP contribution in [0.2, 0.25) is 5.02 Å². The molecule has 0 atom stereocenters. The molecule has 0 bridgehead atoms. The Labute approximate surface area is 185 Å². The van der Waals surface area contributed by atoms with Gasteiger partial charge in [0.2, 0.25) is 0 Å². The number of amides is 2. The lowest BCUT2D eigenvalue weighted by molar-refractivity contribution is -0.136. The fourth-order valence-corrected chi connectivity index (χ4v) is 2.90. The van der Waals surface area contributed by atoms with Crippen LogP contribution in [0, 0.1) is 0 Å². The van der Waals surface area contributed by atoms with Crippen molar-refractivity contribution in [1.29, 1.82) is 0 Å². The Hall–Kier alpha value is -3.64. The zero-order valence-electron chi connectivity index (χ0n) is 17.0. The molecule has 2 N–H and O–H groups in total. The van der Waals surface area contributed by atoms with Crippen LogP contribution in [0.3, 0.4) is 0 Å². The van der Waals surface area contributed by atoms with Crippen molar-refractivity contribution in [2.24, 2.45) is 5.10 Å². The molecule has 3 rings (SSSR count). The fourth-order valence-electron chi connectivity index (χ4n) is 2.71. The summed E-state index contributed by atoms with van der Waals surface area (Å²) in [7, 11) is 0. The van der Waals surface area contributed by atoms with Crippen molar-refractivity contribution >= 4 is 35.3 Å². The molecule has 31 heavy (non-hydrogen) atoms. The standard InChI is InChI=1S/C24H22ClN3O3/c1-2-17-11-13-20(14-12-17)27-23(29)24(30)28-26-15-18-7-4-6-10-22(18)31-16-19-8-3-5-9-21(19)25/h3-15H,2,16H2,1H3,(H,27,29)(H,28,30)/b26-15-. The third-order valence-corrected chi connectivity index (χ3v) is 4.82. The first-order chi connectivity index (χ1) is 15.1. The summed E-state index contributed by atoms with van der Waals surface area (Å²) in [6.07, 6.45) is 2.32. The van der Waals surface area contributed by atoms with Crippen LogP contribution in [-0.4, -0.2) is 18.0 Å². The van der Waals surface area contributed by atoms with Crippen LogP contribution in [0.4, 0.5) is 5.69 Å². The predicted molar refractivity (Wildman–Crippen MR) is 122 cm³/mol. The van der Waals surface area contributed by atoms with Crippen molar-refractivity contribution in [2.75, 3.05) is 5.32 Å². The molecule has 0 saturated heterocycles. The number of hydrogen-bond donors (Lipinski definition) is 2. The number of carbonyl (C=O) groups excluding carboxylic acids is 2. The summed E-state index contributed by atoms with van der Waals surface area (Å²) in [6.45, 7) is 2.33. The predicted octanol–water partition coefficient (Wildman–Crippen LogP) is 4.57. The number of para-hydroxylation sites is 1. The number of hydrogen-bond acceptors (Lipinski definition) is 4. The monoisotopic (exact) mass is 435 g/mol. The van der Waals surface area contributed by atoms with Crippen molar-refractivity contribution < 1.29 is 14.3 Å². The van der Waals surface area contributed by atoms with Gasteiger partial charge in [-0.1, -0.05) is 61.0 Å². The minimum absolute atomic E-state index is 0.288. The third-order valence-electron chi connectivity index (χ3n) is 4.46. The quantitative estimate of drug-likeness (QED) is 0.324. The Morgan fingerprint density at radius 3 is 2.42 bits per heavy atom. The minimum atomic E-state index is -0.870. The number of carbonyl (C=O) groups is 2. The first-order valence-corrected chi connectivity index (χ1v) is 10.1. The van der Waals surface area contributed by atoms with Crippen molar-refractivity contribution in [3.05, 3.63) is 94.5 Å². The van der Waals surface area contributed by atoms with Gasteiger partial charge in [0.1, 0.15) is 12.4 Å². The normalized spacial score (nSPS) is 10.6. The van der Waals surface area contributed by atoms with E-state index in [0.29, 0.717) is 22.0 Å². The summed E-state index contributed by atoms with van der Waals surface area (Å²) in [5.74, 6) is -1.10. The average molecular weight is 436 g/mol. The van der Waals surface area contributed by atoms with Gasteiger partial charge in [0, 0.05) is 21.8 Å². The molecule has 0 aliphatic carbocycles. The molecule has 0 saturated carbocycles. The topological polar surface area (TPSA) is 79.8 Å². The van der Waals surface area contributed by atoms with Crippen LogP contribution in [0.25, 0.3) is 0 Å². The van der Waals surface area contributed by atoms with Crippen molar-refractivity contribution in [3.8, 4) is 5.75 Å². The first-order valence-electron chi connectivity index (χ1n) is 9.75. The summed E-state index contributed by atoms with van der Waals surface area (Å²) in [5, 5.41) is 7.03. The lowest BCUT2D eigenvalue weighted by Gasteiger charge is -2.10. The molecule has 0 unspecified atom stereocenters. The van der Waals surface area contributed by atoms with E-state index in [4.69, 9.17) is 16.3 Å². The molecule has 0 radical (unpaired) electrons. The highest BCUT2D eigenvalue weighted by molar-refractivity contribution is 6.39. The van der Waals surface area contributed by atoms with E-state index < -0.39 is 11.8 Å². The molecule has 3 aromatic rings. The number of nitrogens with one attached hydrogen (secondary N) is 2. The maximum atomic E-state index is 12.0. The van der Waals surface area contributed by atoms with Crippen LogP contribution < -0.4 is 15.5 Å². The smallest absolute Gasteiger partial charge is 0.329 e. The molecule has 0 spiro atoms. The van der Waals surface area contributed by atoms with E-state index in [-0.39, 0.29) is 6.61 Å². The molecule has 2 amide bonds. The van der Waals surface area contributed by atoms with Gasteiger partial charge in [0.15, 0.2) is 0 Å². The molecule has 0 aliphatic heterocycles. The van der Waals surface area contributed by atoms with E-state index in [1.54, 1.807) is 30.3 Å². The van der Waals surface area contributed by atoms with E-state index in [9.17, 15) is 9.59 Å². The molecule has 3 aromatic carbocycles. The Bertz CT molecular complexity index is 1080. The zero-order chi connectivity index (χ0) is 22.1. The number of rotatable bonds is 7.